The highest BCUT2D eigenvalue weighted by atomic mass is 35.5. The number of aromatic nitrogens is 1. The molecule has 0 saturated carbocycles. The van der Waals surface area contributed by atoms with E-state index in [1.807, 2.05) is 24.8 Å². The highest BCUT2D eigenvalue weighted by Gasteiger charge is 2.24. The van der Waals surface area contributed by atoms with Crippen LogP contribution in [0.15, 0.2) is 30.3 Å². The Balaban J connectivity index is 1.56. The van der Waals surface area contributed by atoms with Gasteiger partial charge in [0.2, 0.25) is 0 Å². The normalized spacial score (nSPS) is 15.4. The lowest BCUT2D eigenvalue weighted by Crippen LogP contribution is -2.49. The summed E-state index contributed by atoms with van der Waals surface area (Å²) in [4.78, 5) is 32.1. The van der Waals surface area contributed by atoms with Crippen molar-refractivity contribution in [2.24, 2.45) is 0 Å². The van der Waals surface area contributed by atoms with Crippen LogP contribution in [0.1, 0.15) is 32.1 Å². The average molecular weight is 360 g/mol. The summed E-state index contributed by atoms with van der Waals surface area (Å²) in [6.07, 6.45) is 0. The zero-order valence-electron chi connectivity index (χ0n) is 14.5. The minimum atomic E-state index is -0.00872. The smallest absolute Gasteiger partial charge is 0.253 e. The Morgan fingerprint density at radius 2 is 1.84 bits per heavy atom. The van der Waals surface area contributed by atoms with Crippen molar-refractivity contribution in [3.63, 3.8) is 0 Å². The minimum absolute atomic E-state index is 0.00872. The number of H-pyrrole nitrogens is 1. The van der Waals surface area contributed by atoms with Gasteiger partial charge in [-0.3, -0.25) is 14.5 Å². The number of aromatic amines is 1. The van der Waals surface area contributed by atoms with E-state index in [1.54, 1.807) is 24.3 Å². The predicted molar refractivity (Wildman–Crippen MR) is 98.4 cm³/mol. The highest BCUT2D eigenvalue weighted by molar-refractivity contribution is 6.30. The molecule has 1 amide bonds. The van der Waals surface area contributed by atoms with Gasteiger partial charge in [0.25, 0.3) is 5.91 Å². The van der Waals surface area contributed by atoms with Gasteiger partial charge in [-0.15, -0.1) is 0 Å². The van der Waals surface area contributed by atoms with Gasteiger partial charge in [0, 0.05) is 53.7 Å². The molecule has 3 rings (SSSR count). The molecule has 1 aliphatic rings. The number of ketones is 1. The summed E-state index contributed by atoms with van der Waals surface area (Å²) in [5.41, 5.74) is 3.28. The Morgan fingerprint density at radius 1 is 1.12 bits per heavy atom. The second-order valence-corrected chi connectivity index (χ2v) is 6.93. The molecule has 0 radical (unpaired) electrons. The van der Waals surface area contributed by atoms with Crippen molar-refractivity contribution in [2.45, 2.75) is 13.8 Å². The van der Waals surface area contributed by atoms with Gasteiger partial charge in [-0.25, -0.2) is 0 Å². The van der Waals surface area contributed by atoms with E-state index in [4.69, 9.17) is 11.6 Å². The second kappa shape index (κ2) is 7.42. The summed E-state index contributed by atoms with van der Waals surface area (Å²) < 4.78 is 0. The van der Waals surface area contributed by atoms with Crippen molar-refractivity contribution in [3.8, 4) is 0 Å². The molecule has 0 spiro atoms. The molecule has 2 aromatic rings. The van der Waals surface area contributed by atoms with E-state index < -0.39 is 0 Å². The molecule has 0 bridgehead atoms. The number of nitrogens with one attached hydrogen (secondary N) is 1. The number of aryl methyl sites for hydroxylation is 2. The average Bonchev–Trinajstić information content (AvgIpc) is 2.93. The van der Waals surface area contributed by atoms with E-state index in [9.17, 15) is 9.59 Å². The van der Waals surface area contributed by atoms with Crippen molar-refractivity contribution in [3.05, 3.63) is 57.9 Å². The van der Waals surface area contributed by atoms with Crippen molar-refractivity contribution in [1.29, 1.82) is 0 Å². The van der Waals surface area contributed by atoms with Gasteiger partial charge in [-0.05, 0) is 38.1 Å². The molecule has 132 valence electrons. The Morgan fingerprint density at radius 3 is 2.44 bits per heavy atom. The lowest BCUT2D eigenvalue weighted by Gasteiger charge is -2.34. The number of rotatable bonds is 4. The van der Waals surface area contributed by atoms with Crippen LogP contribution in [0.3, 0.4) is 0 Å². The fourth-order valence-corrected chi connectivity index (χ4v) is 3.41. The lowest BCUT2D eigenvalue weighted by atomic mass is 10.1. The van der Waals surface area contributed by atoms with Gasteiger partial charge in [0.15, 0.2) is 5.78 Å². The number of amides is 1. The van der Waals surface area contributed by atoms with Crippen molar-refractivity contribution < 1.29 is 9.59 Å². The summed E-state index contributed by atoms with van der Waals surface area (Å²) >= 11 is 5.96. The summed E-state index contributed by atoms with van der Waals surface area (Å²) in [7, 11) is 0. The lowest BCUT2D eigenvalue weighted by molar-refractivity contribution is 0.0624. The molecular weight excluding hydrogens is 338 g/mol. The Labute approximate surface area is 152 Å². The summed E-state index contributed by atoms with van der Waals surface area (Å²) in [6.45, 7) is 6.87. The minimum Gasteiger partial charge on any atom is -0.362 e. The summed E-state index contributed by atoms with van der Waals surface area (Å²) in [5, 5.41) is 0.562. The molecule has 1 fully saturated rings. The van der Waals surface area contributed by atoms with Gasteiger partial charge in [-0.2, -0.15) is 0 Å². The second-order valence-electron chi connectivity index (χ2n) is 6.49. The standard InChI is InChI=1S/C19H22ClN3O2/c1-13-10-17(14(2)21-13)18(24)12-22-6-8-23(9-7-22)19(25)15-4-3-5-16(20)11-15/h3-5,10-11,21H,6-9,12H2,1-2H3. The molecule has 1 N–H and O–H groups in total. The van der Waals surface area contributed by atoms with E-state index in [0.29, 0.717) is 43.3 Å². The summed E-state index contributed by atoms with van der Waals surface area (Å²) in [6, 6.07) is 8.91. The fourth-order valence-electron chi connectivity index (χ4n) is 3.21. The fraction of sp³-hybridized carbons (Fsp3) is 0.368. The van der Waals surface area contributed by atoms with Gasteiger partial charge >= 0.3 is 0 Å². The molecule has 1 aromatic heterocycles. The molecule has 0 unspecified atom stereocenters. The van der Waals surface area contributed by atoms with Crippen molar-refractivity contribution in [2.75, 3.05) is 32.7 Å². The maximum atomic E-state index is 12.5. The molecule has 2 heterocycles. The first-order valence-electron chi connectivity index (χ1n) is 8.40. The largest absolute Gasteiger partial charge is 0.362 e. The molecule has 25 heavy (non-hydrogen) atoms. The molecule has 1 aromatic carbocycles. The third kappa shape index (κ3) is 4.11. The first-order chi connectivity index (χ1) is 11.9. The van der Waals surface area contributed by atoms with Crippen LogP contribution in [0.4, 0.5) is 0 Å². The molecule has 6 heteroatoms. The van der Waals surface area contributed by atoms with Crippen LogP contribution in [-0.2, 0) is 0 Å². The maximum Gasteiger partial charge on any atom is 0.253 e. The van der Waals surface area contributed by atoms with Crippen LogP contribution in [0, 0.1) is 13.8 Å². The Kier molecular flexibility index (Phi) is 5.25. The number of nitrogens with zero attached hydrogens (tertiary/aromatic N) is 2. The van der Waals surface area contributed by atoms with E-state index in [2.05, 4.69) is 9.88 Å². The van der Waals surface area contributed by atoms with E-state index in [1.165, 1.54) is 0 Å². The third-order valence-electron chi connectivity index (χ3n) is 4.55. The monoisotopic (exact) mass is 359 g/mol. The number of halogens is 1. The van der Waals surface area contributed by atoms with Gasteiger partial charge in [-0.1, -0.05) is 17.7 Å². The van der Waals surface area contributed by atoms with Crippen LogP contribution in [-0.4, -0.2) is 59.2 Å². The number of carbonyl (C=O) groups excluding carboxylic acids is 2. The number of benzene rings is 1. The maximum absolute atomic E-state index is 12.5. The number of hydrogen-bond acceptors (Lipinski definition) is 3. The van der Waals surface area contributed by atoms with Crippen LogP contribution >= 0.6 is 11.6 Å². The zero-order valence-corrected chi connectivity index (χ0v) is 15.3. The highest BCUT2D eigenvalue weighted by Crippen LogP contribution is 2.15. The zero-order chi connectivity index (χ0) is 18.0. The summed E-state index contributed by atoms with van der Waals surface area (Å²) in [5.74, 6) is 0.113. The molecular formula is C19H22ClN3O2. The Hall–Kier alpha value is -2.11. The number of Topliss-reactive ketones (excluding diaryl/α,β-unsaturated/α-hetero) is 1. The predicted octanol–water partition coefficient (Wildman–Crippen LogP) is 2.93. The van der Waals surface area contributed by atoms with Crippen LogP contribution in [0.2, 0.25) is 5.02 Å². The molecule has 1 saturated heterocycles. The molecule has 1 aliphatic heterocycles. The van der Waals surface area contributed by atoms with Crippen molar-refractivity contribution in [1.82, 2.24) is 14.8 Å². The van der Waals surface area contributed by atoms with Gasteiger partial charge < -0.3 is 9.88 Å². The van der Waals surface area contributed by atoms with E-state index in [0.717, 1.165) is 17.0 Å². The topological polar surface area (TPSA) is 56.4 Å². The number of hydrogen-bond donors (Lipinski definition) is 1. The molecule has 5 nitrogen and oxygen atoms in total. The quantitative estimate of drug-likeness (QED) is 0.854. The number of piperazine rings is 1. The molecule has 0 atom stereocenters. The third-order valence-corrected chi connectivity index (χ3v) is 4.78. The van der Waals surface area contributed by atoms with Crippen LogP contribution < -0.4 is 0 Å². The molecule has 0 aliphatic carbocycles. The van der Waals surface area contributed by atoms with Crippen LogP contribution in [0.5, 0.6) is 0 Å². The SMILES string of the molecule is Cc1cc(C(=O)CN2CCN(C(=O)c3cccc(Cl)c3)CC2)c(C)[nH]1. The van der Waals surface area contributed by atoms with Crippen LogP contribution in [0.25, 0.3) is 0 Å². The van der Waals surface area contributed by atoms with E-state index >= 15 is 0 Å². The first kappa shape index (κ1) is 17.7. The van der Waals surface area contributed by atoms with Gasteiger partial charge in [0.05, 0.1) is 6.54 Å². The number of carbonyl (C=O) groups is 2. The Bertz CT molecular complexity index is 792. The van der Waals surface area contributed by atoms with Crippen molar-refractivity contribution >= 4 is 23.3 Å². The van der Waals surface area contributed by atoms with Gasteiger partial charge in [0.1, 0.15) is 0 Å². The van der Waals surface area contributed by atoms with E-state index in [-0.39, 0.29) is 11.7 Å². The first-order valence-corrected chi connectivity index (χ1v) is 8.78.